The Hall–Kier alpha value is -0.500. The number of aliphatic hydroxyl groups is 1. The van der Waals surface area contributed by atoms with Crippen molar-refractivity contribution < 1.29 is 5.11 Å². The van der Waals surface area contributed by atoms with E-state index in [0.29, 0.717) is 0 Å². The van der Waals surface area contributed by atoms with E-state index in [0.717, 1.165) is 5.57 Å². The fourth-order valence-electron chi connectivity index (χ4n) is 0. The molecule has 0 aliphatic rings. The smallest absolute Gasteiger partial charge is 0.0402 e. The molecule has 0 fully saturated rings. The Morgan fingerprint density at radius 1 is 1.62 bits per heavy atom. The first-order valence-corrected chi connectivity index (χ1v) is 2.65. The van der Waals surface area contributed by atoms with Gasteiger partial charge in [-0.2, -0.15) is 0 Å². The van der Waals surface area contributed by atoms with E-state index >= 15 is 0 Å². The maximum absolute atomic E-state index is 7.57. The van der Waals surface area contributed by atoms with E-state index in [1.807, 2.05) is 13.8 Å². The van der Waals surface area contributed by atoms with Crippen molar-refractivity contribution in [1.82, 2.24) is 0 Å². The number of nitrogens with two attached hydrogens (primary N) is 1. The Bertz CT molecular complexity index is 55.5. The van der Waals surface area contributed by atoms with Crippen LogP contribution in [0.3, 0.4) is 0 Å². The minimum Gasteiger partial charge on any atom is -0.405 e. The molecule has 0 atom stereocenters. The van der Waals surface area contributed by atoms with Gasteiger partial charge in [0.2, 0.25) is 0 Å². The van der Waals surface area contributed by atoms with Gasteiger partial charge in [0.15, 0.2) is 0 Å². The third kappa shape index (κ3) is 49.5. The van der Waals surface area contributed by atoms with Gasteiger partial charge in [0.25, 0.3) is 0 Å². The molecule has 0 aromatic rings. The first kappa shape index (κ1) is 10.5. The highest BCUT2D eigenvalue weighted by molar-refractivity contribution is 4.87. The molecule has 0 radical (unpaired) electrons. The Morgan fingerprint density at radius 3 is 1.75 bits per heavy atom. The van der Waals surface area contributed by atoms with Crippen LogP contribution in [0.1, 0.15) is 20.8 Å². The van der Waals surface area contributed by atoms with Gasteiger partial charge in [0.05, 0.1) is 0 Å². The van der Waals surface area contributed by atoms with Gasteiger partial charge in [-0.1, -0.05) is 5.57 Å². The van der Waals surface area contributed by atoms with Crippen LogP contribution in [-0.2, 0) is 0 Å². The Balaban J connectivity index is 0. The largest absolute Gasteiger partial charge is 0.405 e. The molecule has 0 aliphatic heterocycles. The molecular weight excluding hydrogens is 102 g/mol. The van der Waals surface area contributed by atoms with Crippen molar-refractivity contribution in [1.29, 1.82) is 0 Å². The Labute approximate surface area is 51.0 Å². The lowest BCUT2D eigenvalue weighted by molar-refractivity contribution is 0.318. The van der Waals surface area contributed by atoms with Gasteiger partial charge >= 0.3 is 0 Å². The minimum absolute atomic E-state index is 0.250. The van der Waals surface area contributed by atoms with Gasteiger partial charge in [-0.15, -0.1) is 0 Å². The zero-order chi connectivity index (χ0) is 6.99. The number of hydrogen-bond donors (Lipinski definition) is 2. The summed E-state index contributed by atoms with van der Waals surface area (Å²) in [4.78, 5) is 0. The van der Waals surface area contributed by atoms with Crippen molar-refractivity contribution >= 4 is 0 Å². The van der Waals surface area contributed by atoms with Crippen molar-refractivity contribution in [3.8, 4) is 0 Å². The van der Waals surface area contributed by atoms with Gasteiger partial charge in [-0.25, -0.2) is 0 Å². The predicted octanol–water partition coefficient (Wildman–Crippen LogP) is 0.867. The summed E-state index contributed by atoms with van der Waals surface area (Å²) in [5, 5.41) is 7.57. The van der Waals surface area contributed by atoms with Crippen molar-refractivity contribution in [3.63, 3.8) is 0 Å². The predicted molar refractivity (Wildman–Crippen MR) is 36.4 cm³/mol. The maximum atomic E-state index is 7.57. The van der Waals surface area contributed by atoms with E-state index in [9.17, 15) is 0 Å². The minimum atomic E-state index is 0.250. The summed E-state index contributed by atoms with van der Waals surface area (Å²) >= 11 is 0. The average Bonchev–Trinajstić information content (AvgIpc) is 1.69. The molecule has 0 rings (SSSR count). The van der Waals surface area contributed by atoms with Gasteiger partial charge in [-0.05, 0) is 27.0 Å². The SMILES string of the molecule is CC(C)=CN.CCO. The van der Waals surface area contributed by atoms with Gasteiger partial charge < -0.3 is 10.8 Å². The molecule has 0 aliphatic carbocycles. The lowest BCUT2D eigenvalue weighted by atomic mass is 10.4. The molecule has 0 heterocycles. The quantitative estimate of drug-likeness (QED) is 0.494. The van der Waals surface area contributed by atoms with Crippen LogP contribution in [0.15, 0.2) is 11.8 Å². The third-order valence-electron chi connectivity index (χ3n) is 0.333. The highest BCUT2D eigenvalue weighted by Gasteiger charge is 1.61. The number of hydrogen-bond acceptors (Lipinski definition) is 2. The topological polar surface area (TPSA) is 46.2 Å². The second kappa shape index (κ2) is 9.71. The maximum Gasteiger partial charge on any atom is 0.0402 e. The molecule has 0 amide bonds. The number of aliphatic hydroxyl groups excluding tert-OH is 1. The van der Waals surface area contributed by atoms with Crippen LogP contribution in [-0.4, -0.2) is 11.7 Å². The molecular formula is C6H15NO. The molecule has 0 aromatic carbocycles. The van der Waals surface area contributed by atoms with E-state index in [2.05, 4.69) is 0 Å². The second-order valence-electron chi connectivity index (χ2n) is 1.56. The Morgan fingerprint density at radius 2 is 1.75 bits per heavy atom. The molecule has 2 heteroatoms. The van der Waals surface area contributed by atoms with Crippen molar-refractivity contribution in [2.75, 3.05) is 6.61 Å². The van der Waals surface area contributed by atoms with Crippen LogP contribution in [0.4, 0.5) is 0 Å². The van der Waals surface area contributed by atoms with Crippen molar-refractivity contribution in [3.05, 3.63) is 11.8 Å². The summed E-state index contributed by atoms with van der Waals surface area (Å²) in [6.45, 7) is 5.85. The summed E-state index contributed by atoms with van der Waals surface area (Å²) in [5.41, 5.74) is 6.17. The summed E-state index contributed by atoms with van der Waals surface area (Å²) in [7, 11) is 0. The zero-order valence-corrected chi connectivity index (χ0v) is 5.81. The first-order valence-electron chi connectivity index (χ1n) is 2.65. The zero-order valence-electron chi connectivity index (χ0n) is 5.81. The van der Waals surface area contributed by atoms with E-state index in [1.54, 1.807) is 13.1 Å². The van der Waals surface area contributed by atoms with Crippen LogP contribution in [0.2, 0.25) is 0 Å². The summed E-state index contributed by atoms with van der Waals surface area (Å²) in [6, 6.07) is 0. The van der Waals surface area contributed by atoms with Crippen molar-refractivity contribution in [2.45, 2.75) is 20.8 Å². The molecule has 0 saturated carbocycles. The van der Waals surface area contributed by atoms with Gasteiger partial charge in [0, 0.05) is 6.61 Å². The Kier molecular flexibility index (Phi) is 12.7. The van der Waals surface area contributed by atoms with E-state index < -0.39 is 0 Å². The van der Waals surface area contributed by atoms with E-state index in [-0.39, 0.29) is 6.61 Å². The third-order valence-corrected chi connectivity index (χ3v) is 0.333. The second-order valence-corrected chi connectivity index (χ2v) is 1.56. The first-order chi connectivity index (χ1) is 3.68. The monoisotopic (exact) mass is 117 g/mol. The fraction of sp³-hybridized carbons (Fsp3) is 0.667. The summed E-state index contributed by atoms with van der Waals surface area (Å²) in [6.07, 6.45) is 1.58. The highest BCUT2D eigenvalue weighted by Crippen LogP contribution is 1.78. The molecule has 50 valence electrons. The molecule has 8 heavy (non-hydrogen) atoms. The molecule has 0 bridgehead atoms. The average molecular weight is 117 g/mol. The lowest BCUT2D eigenvalue weighted by Gasteiger charge is -1.74. The normalized spacial score (nSPS) is 6.50. The van der Waals surface area contributed by atoms with Crippen molar-refractivity contribution in [2.24, 2.45) is 5.73 Å². The molecule has 0 saturated heterocycles. The molecule has 0 unspecified atom stereocenters. The van der Waals surface area contributed by atoms with Gasteiger partial charge in [0.1, 0.15) is 0 Å². The summed E-state index contributed by atoms with van der Waals surface area (Å²) in [5.74, 6) is 0. The number of rotatable bonds is 0. The standard InChI is InChI=1S/C4H9N.C2H6O/c1-4(2)3-5;1-2-3/h3H,5H2,1-2H3;3H,2H2,1H3. The lowest BCUT2D eigenvalue weighted by Crippen LogP contribution is -1.76. The van der Waals surface area contributed by atoms with Crippen LogP contribution >= 0.6 is 0 Å². The van der Waals surface area contributed by atoms with Gasteiger partial charge in [-0.3, -0.25) is 0 Å². The fourth-order valence-corrected chi connectivity index (χ4v) is 0. The molecule has 2 nitrogen and oxygen atoms in total. The molecule has 3 N–H and O–H groups in total. The van der Waals surface area contributed by atoms with E-state index in [4.69, 9.17) is 10.8 Å². The number of allylic oxidation sites excluding steroid dienone is 1. The highest BCUT2D eigenvalue weighted by atomic mass is 16.2. The van der Waals surface area contributed by atoms with Crippen LogP contribution in [0, 0.1) is 0 Å². The van der Waals surface area contributed by atoms with Crippen LogP contribution < -0.4 is 5.73 Å². The van der Waals surface area contributed by atoms with Crippen LogP contribution in [0.25, 0.3) is 0 Å². The molecule has 0 spiro atoms. The summed E-state index contributed by atoms with van der Waals surface area (Å²) < 4.78 is 0. The van der Waals surface area contributed by atoms with Crippen LogP contribution in [0.5, 0.6) is 0 Å². The van der Waals surface area contributed by atoms with E-state index in [1.165, 1.54) is 0 Å². The molecule has 0 aromatic heterocycles.